The van der Waals surface area contributed by atoms with Gasteiger partial charge >= 0.3 is 0 Å². The van der Waals surface area contributed by atoms with Crippen molar-refractivity contribution in [3.05, 3.63) is 111 Å². The quantitative estimate of drug-likeness (QED) is 0.257. The molecule has 1 aliphatic carbocycles. The zero-order valence-electron chi connectivity index (χ0n) is 25.8. The van der Waals surface area contributed by atoms with Crippen LogP contribution in [0.5, 0.6) is 0 Å². The SMILES string of the molecule is Cc1cc(C)c(S(=O)(=O)N(CC(=O)NC(c2ccc(F)cc2)C2CCCC2)c2c(C)n(C)n(-c3ccccc3)c2=O)c(C)c1. The Hall–Kier alpha value is -4.18. The average Bonchev–Trinajstić information content (AvgIpc) is 3.57. The second-order valence-electron chi connectivity index (χ2n) is 11.8. The molecule has 0 spiro atoms. The van der Waals surface area contributed by atoms with Gasteiger partial charge in [0.15, 0.2) is 0 Å². The number of halogens is 1. The Kier molecular flexibility index (Phi) is 8.83. The van der Waals surface area contributed by atoms with Crippen LogP contribution < -0.4 is 15.2 Å². The Bertz CT molecular complexity index is 1820. The highest BCUT2D eigenvalue weighted by Gasteiger charge is 2.36. The Balaban J connectivity index is 1.62. The molecule has 1 unspecified atom stereocenters. The first-order chi connectivity index (χ1) is 20.9. The third kappa shape index (κ3) is 5.95. The topological polar surface area (TPSA) is 93.4 Å². The van der Waals surface area contributed by atoms with Gasteiger partial charge in [0.2, 0.25) is 5.91 Å². The minimum absolute atomic E-state index is 0.0655. The molecule has 1 fully saturated rings. The predicted octanol–water partition coefficient (Wildman–Crippen LogP) is 5.79. The smallest absolute Gasteiger partial charge is 0.296 e. The van der Waals surface area contributed by atoms with E-state index in [1.807, 2.05) is 13.0 Å². The van der Waals surface area contributed by atoms with E-state index in [9.17, 15) is 22.4 Å². The summed E-state index contributed by atoms with van der Waals surface area (Å²) in [7, 11) is -2.70. The lowest BCUT2D eigenvalue weighted by atomic mass is 9.91. The maximum Gasteiger partial charge on any atom is 0.296 e. The molecule has 1 aromatic heterocycles. The molecule has 44 heavy (non-hydrogen) atoms. The number of benzene rings is 3. The molecule has 3 aromatic carbocycles. The molecular weight excluding hydrogens is 579 g/mol. The van der Waals surface area contributed by atoms with Crippen molar-refractivity contribution in [3.8, 4) is 5.69 Å². The number of para-hydroxylation sites is 1. The number of carbonyl (C=O) groups excluding carboxylic acids is 1. The number of nitrogens with one attached hydrogen (secondary N) is 1. The van der Waals surface area contributed by atoms with Crippen LogP contribution in [0.25, 0.3) is 5.69 Å². The minimum atomic E-state index is -4.39. The summed E-state index contributed by atoms with van der Waals surface area (Å²) in [6.45, 7) is 6.39. The van der Waals surface area contributed by atoms with Crippen LogP contribution in [-0.2, 0) is 21.9 Å². The van der Waals surface area contributed by atoms with Crippen molar-refractivity contribution in [2.45, 2.75) is 64.3 Å². The lowest BCUT2D eigenvalue weighted by molar-refractivity contribution is -0.120. The van der Waals surface area contributed by atoms with E-state index in [1.165, 1.54) is 16.8 Å². The fraction of sp³-hybridized carbons (Fsp3) is 0.353. The Labute approximate surface area is 258 Å². The molecule has 8 nitrogen and oxygen atoms in total. The van der Waals surface area contributed by atoms with E-state index in [1.54, 1.807) is 81.0 Å². The van der Waals surface area contributed by atoms with Crippen LogP contribution >= 0.6 is 0 Å². The monoisotopic (exact) mass is 618 g/mol. The van der Waals surface area contributed by atoms with E-state index in [2.05, 4.69) is 5.32 Å². The number of aromatic nitrogens is 2. The number of sulfonamides is 1. The van der Waals surface area contributed by atoms with Crippen LogP contribution in [0, 0.1) is 39.4 Å². The van der Waals surface area contributed by atoms with Crippen LogP contribution in [0.2, 0.25) is 0 Å². The molecule has 0 aliphatic heterocycles. The van der Waals surface area contributed by atoms with Crippen LogP contribution in [0.15, 0.2) is 76.4 Å². The molecule has 10 heteroatoms. The maximum absolute atomic E-state index is 14.6. The Morgan fingerprint density at radius 2 is 1.57 bits per heavy atom. The number of amides is 1. The largest absolute Gasteiger partial charge is 0.347 e. The molecule has 232 valence electrons. The molecule has 0 radical (unpaired) electrons. The third-order valence-electron chi connectivity index (χ3n) is 8.63. The Morgan fingerprint density at radius 1 is 0.977 bits per heavy atom. The number of hydrogen-bond acceptors (Lipinski definition) is 4. The van der Waals surface area contributed by atoms with E-state index in [0.717, 1.165) is 41.1 Å². The van der Waals surface area contributed by atoms with Gasteiger partial charge in [0, 0.05) is 7.05 Å². The fourth-order valence-electron chi connectivity index (χ4n) is 6.59. The van der Waals surface area contributed by atoms with E-state index in [0.29, 0.717) is 22.5 Å². The summed E-state index contributed by atoms with van der Waals surface area (Å²) in [5, 5.41) is 3.07. The van der Waals surface area contributed by atoms with E-state index < -0.39 is 34.1 Å². The molecule has 1 N–H and O–H groups in total. The highest BCUT2D eigenvalue weighted by Crippen LogP contribution is 2.36. The van der Waals surface area contributed by atoms with Crippen molar-refractivity contribution in [2.75, 3.05) is 10.8 Å². The number of hydrogen-bond donors (Lipinski definition) is 1. The predicted molar refractivity (Wildman–Crippen MR) is 170 cm³/mol. The summed E-state index contributed by atoms with van der Waals surface area (Å²) < 4.78 is 46.9. The highest BCUT2D eigenvalue weighted by molar-refractivity contribution is 7.93. The third-order valence-corrected chi connectivity index (χ3v) is 10.7. The van der Waals surface area contributed by atoms with E-state index >= 15 is 0 Å². The number of anilines is 1. The number of rotatable bonds is 9. The zero-order chi connectivity index (χ0) is 31.8. The van der Waals surface area contributed by atoms with Gasteiger partial charge in [0.1, 0.15) is 18.0 Å². The molecule has 4 aromatic rings. The first-order valence-electron chi connectivity index (χ1n) is 14.9. The lowest BCUT2D eigenvalue weighted by Gasteiger charge is -2.28. The number of nitrogens with zero attached hydrogens (tertiary/aromatic N) is 3. The van der Waals surface area contributed by atoms with Crippen LogP contribution in [0.1, 0.15) is 59.7 Å². The number of aryl methyl sites for hydroxylation is 3. The van der Waals surface area contributed by atoms with Crippen molar-refractivity contribution in [1.82, 2.24) is 14.7 Å². The van der Waals surface area contributed by atoms with Gasteiger partial charge in [-0.1, -0.05) is 60.9 Å². The van der Waals surface area contributed by atoms with E-state index in [-0.39, 0.29) is 22.3 Å². The molecule has 5 rings (SSSR count). The first kappa shape index (κ1) is 31.3. The molecule has 1 aliphatic rings. The van der Waals surface area contributed by atoms with Crippen molar-refractivity contribution >= 4 is 21.6 Å². The van der Waals surface area contributed by atoms with Gasteiger partial charge in [-0.2, -0.15) is 0 Å². The second-order valence-corrected chi connectivity index (χ2v) is 13.6. The van der Waals surface area contributed by atoms with Crippen LogP contribution in [-0.4, -0.2) is 30.2 Å². The van der Waals surface area contributed by atoms with E-state index in [4.69, 9.17) is 0 Å². The zero-order valence-corrected chi connectivity index (χ0v) is 26.6. The molecule has 1 saturated carbocycles. The summed E-state index contributed by atoms with van der Waals surface area (Å²) in [5.41, 5.74) is 3.03. The van der Waals surface area contributed by atoms with Gasteiger partial charge in [-0.3, -0.25) is 14.3 Å². The van der Waals surface area contributed by atoms with Crippen LogP contribution in [0.3, 0.4) is 0 Å². The summed E-state index contributed by atoms with van der Waals surface area (Å²) >= 11 is 0. The highest BCUT2D eigenvalue weighted by atomic mass is 32.2. The van der Waals surface area contributed by atoms with Gasteiger partial charge in [0.25, 0.3) is 15.6 Å². The van der Waals surface area contributed by atoms with Crippen molar-refractivity contribution in [2.24, 2.45) is 13.0 Å². The molecule has 0 bridgehead atoms. The maximum atomic E-state index is 14.6. The molecule has 1 amide bonds. The molecule has 0 saturated heterocycles. The van der Waals surface area contributed by atoms with Gasteiger partial charge < -0.3 is 5.32 Å². The molecule has 1 atom stereocenters. The van der Waals surface area contributed by atoms with Crippen molar-refractivity contribution < 1.29 is 17.6 Å². The minimum Gasteiger partial charge on any atom is -0.347 e. The van der Waals surface area contributed by atoms with Crippen molar-refractivity contribution in [3.63, 3.8) is 0 Å². The molecule has 1 heterocycles. The van der Waals surface area contributed by atoms with Gasteiger partial charge in [-0.15, -0.1) is 0 Å². The average molecular weight is 619 g/mol. The first-order valence-corrected chi connectivity index (χ1v) is 16.3. The fourth-order valence-corrected chi connectivity index (χ4v) is 8.48. The normalized spacial score (nSPS) is 14.5. The Morgan fingerprint density at radius 3 is 2.16 bits per heavy atom. The van der Waals surface area contributed by atoms with Gasteiger partial charge in [-0.05, 0) is 87.4 Å². The lowest BCUT2D eigenvalue weighted by Crippen LogP contribution is -2.45. The molecular formula is C34H39FN4O4S. The number of carbonyl (C=O) groups is 1. The standard InChI is InChI=1S/C34H39FN4O4S/c1-22-19-23(2)33(24(3)20-22)44(42,43)38(32-25(4)37(5)39(34(32)41)29-13-7-6-8-14-29)21-30(40)36-31(26-11-9-10-12-26)27-15-17-28(35)18-16-27/h6-8,13-20,26,31H,9-12,21H2,1-5H3,(H,36,40). The second kappa shape index (κ2) is 12.4. The summed E-state index contributed by atoms with van der Waals surface area (Å²) in [6.07, 6.45) is 3.83. The summed E-state index contributed by atoms with van der Waals surface area (Å²) in [4.78, 5) is 28.1. The van der Waals surface area contributed by atoms with Crippen LogP contribution in [0.4, 0.5) is 10.1 Å². The van der Waals surface area contributed by atoms with Gasteiger partial charge in [0.05, 0.1) is 22.3 Å². The summed E-state index contributed by atoms with van der Waals surface area (Å²) in [5.74, 6) is -0.795. The van der Waals surface area contributed by atoms with Crippen molar-refractivity contribution in [1.29, 1.82) is 0 Å². The van der Waals surface area contributed by atoms with Gasteiger partial charge in [-0.25, -0.2) is 21.8 Å². The summed E-state index contributed by atoms with van der Waals surface area (Å²) in [6, 6.07) is 18.1.